The number of para-hydroxylation sites is 1. The van der Waals surface area contributed by atoms with Crippen molar-refractivity contribution >= 4 is 17.7 Å². The Balaban J connectivity index is 1.52. The Morgan fingerprint density at radius 3 is 2.87 bits per heavy atom. The van der Waals surface area contributed by atoms with Gasteiger partial charge in [0.2, 0.25) is 5.91 Å². The molecule has 0 saturated carbocycles. The van der Waals surface area contributed by atoms with Gasteiger partial charge in [0.25, 0.3) is 0 Å². The van der Waals surface area contributed by atoms with E-state index < -0.39 is 0 Å². The molecular formula is C19H21NO2S. The van der Waals surface area contributed by atoms with E-state index in [1.165, 1.54) is 10.5 Å². The molecule has 0 radical (unpaired) electrons. The fourth-order valence-electron chi connectivity index (χ4n) is 2.73. The first-order valence-corrected chi connectivity index (χ1v) is 8.92. The summed E-state index contributed by atoms with van der Waals surface area (Å²) in [6, 6.07) is 16.3. The van der Waals surface area contributed by atoms with Crippen molar-refractivity contribution in [2.24, 2.45) is 0 Å². The molecule has 3 rings (SSSR count). The number of ether oxygens (including phenoxy) is 1. The molecule has 1 aliphatic heterocycles. The average Bonchev–Trinajstić information content (AvgIpc) is 2.57. The van der Waals surface area contributed by atoms with Crippen LogP contribution < -0.4 is 10.1 Å². The fraction of sp³-hybridized carbons (Fsp3) is 0.316. The lowest BCUT2D eigenvalue weighted by Gasteiger charge is -2.25. The summed E-state index contributed by atoms with van der Waals surface area (Å²) in [5.41, 5.74) is 2.32. The molecule has 3 nitrogen and oxygen atoms in total. The molecule has 2 aromatic carbocycles. The number of thioether (sulfide) groups is 1. The van der Waals surface area contributed by atoms with Gasteiger partial charge in [-0.3, -0.25) is 4.79 Å². The molecule has 1 heterocycles. The van der Waals surface area contributed by atoms with Crippen LogP contribution in [0.25, 0.3) is 0 Å². The normalized spacial score (nSPS) is 16.5. The lowest BCUT2D eigenvalue weighted by atomic mass is 10.0. The molecule has 0 fully saturated rings. The van der Waals surface area contributed by atoms with Crippen LogP contribution in [0.15, 0.2) is 53.4 Å². The highest BCUT2D eigenvalue weighted by Crippen LogP contribution is 2.35. The van der Waals surface area contributed by atoms with E-state index in [1.807, 2.05) is 55.1 Å². The van der Waals surface area contributed by atoms with Crippen molar-refractivity contribution in [2.75, 3.05) is 12.4 Å². The van der Waals surface area contributed by atoms with Gasteiger partial charge in [-0.25, -0.2) is 0 Å². The second-order valence-electron chi connectivity index (χ2n) is 5.66. The Hall–Kier alpha value is -1.94. The molecule has 0 aromatic heterocycles. The summed E-state index contributed by atoms with van der Waals surface area (Å²) in [5.74, 6) is 1.94. The molecule has 2 aromatic rings. The number of fused-ring (bicyclic) bond motifs is 1. The van der Waals surface area contributed by atoms with Crippen molar-refractivity contribution in [2.45, 2.75) is 30.7 Å². The van der Waals surface area contributed by atoms with Crippen LogP contribution >= 0.6 is 11.8 Å². The molecule has 120 valence electrons. The first kappa shape index (κ1) is 15.9. The molecule has 0 bridgehead atoms. The third-order valence-corrected chi connectivity index (χ3v) is 5.10. The SMILES string of the molecule is Cc1ccccc1OCCC(=O)N[C@H]1CCSc2ccccc21. The van der Waals surface area contributed by atoms with Crippen molar-refractivity contribution in [3.63, 3.8) is 0 Å². The van der Waals surface area contributed by atoms with E-state index in [2.05, 4.69) is 17.4 Å². The highest BCUT2D eigenvalue weighted by Gasteiger charge is 2.21. The quantitative estimate of drug-likeness (QED) is 0.898. The Morgan fingerprint density at radius 1 is 1.22 bits per heavy atom. The van der Waals surface area contributed by atoms with Gasteiger partial charge in [-0.1, -0.05) is 36.4 Å². The van der Waals surface area contributed by atoms with E-state index in [9.17, 15) is 4.79 Å². The number of hydrogen-bond acceptors (Lipinski definition) is 3. The lowest BCUT2D eigenvalue weighted by Crippen LogP contribution is -2.31. The molecular weight excluding hydrogens is 306 g/mol. The average molecular weight is 327 g/mol. The molecule has 1 aliphatic rings. The van der Waals surface area contributed by atoms with Crippen LogP contribution in [0.4, 0.5) is 0 Å². The number of benzene rings is 2. The minimum Gasteiger partial charge on any atom is -0.493 e. The third-order valence-electron chi connectivity index (χ3n) is 3.97. The predicted octanol–water partition coefficient (Wildman–Crippen LogP) is 4.12. The highest BCUT2D eigenvalue weighted by molar-refractivity contribution is 7.99. The van der Waals surface area contributed by atoms with Crippen LogP contribution in [0.2, 0.25) is 0 Å². The minimum absolute atomic E-state index is 0.0466. The summed E-state index contributed by atoms with van der Waals surface area (Å²) in [6.45, 7) is 2.41. The van der Waals surface area contributed by atoms with E-state index in [1.54, 1.807) is 0 Å². The molecule has 0 saturated heterocycles. The summed E-state index contributed by atoms with van der Waals surface area (Å²) in [5, 5.41) is 3.14. The predicted molar refractivity (Wildman–Crippen MR) is 94.0 cm³/mol. The fourth-order valence-corrected chi connectivity index (χ4v) is 3.86. The van der Waals surface area contributed by atoms with Crippen molar-refractivity contribution in [1.29, 1.82) is 0 Å². The number of nitrogens with one attached hydrogen (secondary N) is 1. The van der Waals surface area contributed by atoms with E-state index in [4.69, 9.17) is 4.74 Å². The number of aryl methyl sites for hydroxylation is 1. The first-order chi connectivity index (χ1) is 11.2. The molecule has 23 heavy (non-hydrogen) atoms. The van der Waals surface area contributed by atoms with Gasteiger partial charge in [0, 0.05) is 10.6 Å². The van der Waals surface area contributed by atoms with Gasteiger partial charge in [0.15, 0.2) is 0 Å². The monoisotopic (exact) mass is 327 g/mol. The summed E-state index contributed by atoms with van der Waals surface area (Å²) in [6.07, 6.45) is 1.35. The van der Waals surface area contributed by atoms with Gasteiger partial charge in [0.05, 0.1) is 19.1 Å². The van der Waals surface area contributed by atoms with Gasteiger partial charge in [-0.15, -0.1) is 11.8 Å². The van der Waals surface area contributed by atoms with Gasteiger partial charge in [0.1, 0.15) is 5.75 Å². The van der Waals surface area contributed by atoms with Gasteiger partial charge in [-0.2, -0.15) is 0 Å². The van der Waals surface area contributed by atoms with Crippen molar-refractivity contribution in [1.82, 2.24) is 5.32 Å². The zero-order valence-corrected chi connectivity index (χ0v) is 14.1. The third kappa shape index (κ3) is 4.08. The molecule has 1 N–H and O–H groups in total. The van der Waals surface area contributed by atoms with Crippen LogP contribution in [0.3, 0.4) is 0 Å². The second kappa shape index (κ2) is 7.55. The summed E-state index contributed by atoms with van der Waals surface area (Å²) in [4.78, 5) is 13.5. The number of rotatable bonds is 5. The van der Waals surface area contributed by atoms with Crippen molar-refractivity contribution < 1.29 is 9.53 Å². The smallest absolute Gasteiger partial charge is 0.223 e. The standard InChI is InChI=1S/C19H21NO2S/c1-14-6-2-4-8-17(14)22-12-10-19(21)20-16-11-13-23-18-9-5-3-7-15(16)18/h2-9,16H,10-13H2,1H3,(H,20,21)/t16-/m0/s1. The summed E-state index contributed by atoms with van der Waals surface area (Å²) < 4.78 is 5.70. The van der Waals surface area contributed by atoms with Gasteiger partial charge >= 0.3 is 0 Å². The summed E-state index contributed by atoms with van der Waals surface area (Å²) in [7, 11) is 0. The van der Waals surface area contributed by atoms with Crippen LogP contribution in [0.1, 0.15) is 30.0 Å². The molecule has 0 unspecified atom stereocenters. The molecule has 1 amide bonds. The molecule has 1 atom stereocenters. The topological polar surface area (TPSA) is 38.3 Å². The van der Waals surface area contributed by atoms with E-state index in [0.29, 0.717) is 13.0 Å². The number of carbonyl (C=O) groups is 1. The Morgan fingerprint density at radius 2 is 2.00 bits per heavy atom. The van der Waals surface area contributed by atoms with Crippen LogP contribution in [0.5, 0.6) is 5.75 Å². The molecule has 0 spiro atoms. The number of carbonyl (C=O) groups excluding carboxylic acids is 1. The van der Waals surface area contributed by atoms with Gasteiger partial charge in [-0.05, 0) is 36.6 Å². The van der Waals surface area contributed by atoms with Crippen molar-refractivity contribution in [3.05, 3.63) is 59.7 Å². The van der Waals surface area contributed by atoms with Crippen LogP contribution in [-0.2, 0) is 4.79 Å². The zero-order chi connectivity index (χ0) is 16.1. The van der Waals surface area contributed by atoms with E-state index >= 15 is 0 Å². The Labute approximate surface area is 141 Å². The zero-order valence-electron chi connectivity index (χ0n) is 13.2. The Kier molecular flexibility index (Phi) is 5.23. The second-order valence-corrected chi connectivity index (χ2v) is 6.80. The minimum atomic E-state index is 0.0466. The maximum Gasteiger partial charge on any atom is 0.223 e. The number of hydrogen-bond donors (Lipinski definition) is 1. The van der Waals surface area contributed by atoms with Gasteiger partial charge < -0.3 is 10.1 Å². The highest BCUT2D eigenvalue weighted by atomic mass is 32.2. The largest absolute Gasteiger partial charge is 0.493 e. The lowest BCUT2D eigenvalue weighted by molar-refractivity contribution is -0.122. The van der Waals surface area contributed by atoms with Crippen molar-refractivity contribution in [3.8, 4) is 5.75 Å². The molecule has 0 aliphatic carbocycles. The van der Waals surface area contributed by atoms with E-state index in [-0.39, 0.29) is 11.9 Å². The van der Waals surface area contributed by atoms with E-state index in [0.717, 1.165) is 23.5 Å². The van der Waals surface area contributed by atoms with Crippen LogP contribution in [0, 0.1) is 6.92 Å². The Bertz CT molecular complexity index is 687. The summed E-state index contributed by atoms with van der Waals surface area (Å²) >= 11 is 1.86. The maximum absolute atomic E-state index is 12.2. The van der Waals surface area contributed by atoms with Crippen LogP contribution in [-0.4, -0.2) is 18.3 Å². The maximum atomic E-state index is 12.2. The molecule has 4 heteroatoms. The number of amides is 1. The first-order valence-electron chi connectivity index (χ1n) is 7.93.